The molecule has 5 aromatic heterocycles. The number of rotatable bonds is 7. The van der Waals surface area contributed by atoms with Crippen LogP contribution in [0.25, 0.3) is 6.08 Å². The van der Waals surface area contributed by atoms with Gasteiger partial charge >= 0.3 is 5.97 Å². The molecule has 16 N–H and O–H groups in total. The van der Waals surface area contributed by atoms with Crippen LogP contribution in [0.5, 0.6) is 0 Å². The smallest absolute Gasteiger partial charge is 0.357 e. The fourth-order valence-corrected chi connectivity index (χ4v) is 16.4. The van der Waals surface area contributed by atoms with Gasteiger partial charge in [0.1, 0.15) is 107 Å². The van der Waals surface area contributed by atoms with Crippen molar-refractivity contribution in [2.24, 2.45) is 21.6 Å². The Bertz CT molecular complexity index is 4420. The van der Waals surface area contributed by atoms with Gasteiger partial charge in [-0.2, -0.15) is 0 Å². The van der Waals surface area contributed by atoms with Crippen LogP contribution in [-0.4, -0.2) is 180 Å². The molecule has 9 heterocycles. The minimum absolute atomic E-state index is 0.00198. The van der Waals surface area contributed by atoms with Crippen molar-refractivity contribution in [1.82, 2.24) is 72.8 Å². The van der Waals surface area contributed by atoms with E-state index >= 15 is 9.59 Å². The van der Waals surface area contributed by atoms with Crippen molar-refractivity contribution in [1.29, 1.82) is 0 Å². The molecular formula is C65H75N17O16S5. The predicted molar refractivity (Wildman–Crippen MR) is 379 cm³/mol. The molecule has 38 heteroatoms. The molecule has 13 bridgehead atoms. The van der Waals surface area contributed by atoms with Gasteiger partial charge in [-0.15, -0.1) is 57.1 Å². The lowest BCUT2D eigenvalue weighted by molar-refractivity contribution is -0.129. The number of aromatic nitrogens is 5. The summed E-state index contributed by atoms with van der Waals surface area (Å²) in [6.45, 7) is 20.2. The van der Waals surface area contributed by atoms with Gasteiger partial charge in [0.15, 0.2) is 0 Å². The molecule has 0 saturated heterocycles. The molecule has 1 aliphatic carbocycles. The van der Waals surface area contributed by atoms with E-state index in [-0.39, 0.29) is 94.7 Å². The molecule has 0 radical (unpaired) electrons. The maximum atomic E-state index is 15.2. The summed E-state index contributed by atoms with van der Waals surface area (Å²) in [5.41, 5.74) is -0.255. The first-order valence-electron chi connectivity index (χ1n) is 32.2. The standard InChI is InChI=1S/C65H75N17O16S5/c1-12-33-58-76-40(20-100-58)55(93)81-48(64(11,97)30(10)85)61-77-39(21-102-61)53(91)80-44-29(9)98-62(96)36-17-32(27(7)83)31-13-14-34(46(86)45(31)71-36)70-42(23(2)3)56(94)69-25(5)51(89)67-24(4)50(88)68-26(6)52(90)82-65(63-78-41(22-103-63)54(92)79-43(28(8)84)57(95)73-33)16-15-35(59-75-38(19-99-59)49(66)87)72-47(65)37-18-101-60(44)74-37/h12-14,17-19,21-23,26-30,34,40,42-44,46-48,70,83-86,97H,4-5,15-16,20H2,1-3,6-11H3,(H2,66,87)(H,67,89)(H,68,88)(H,69,94)(H,73,95)(H,79,92)(H,80,91)(H,81,93)(H,82,90)/b33-12-/t26-,27+,28-,29-,30+,34+,40-,42+,43-,44-,46-,47-,48+,64-,65+/m1/s1. The lowest BCUT2D eigenvalue weighted by Crippen LogP contribution is -2.57. The van der Waals surface area contributed by atoms with Crippen molar-refractivity contribution in [3.8, 4) is 0 Å². The van der Waals surface area contributed by atoms with E-state index in [9.17, 15) is 63.9 Å². The van der Waals surface area contributed by atoms with E-state index in [4.69, 9.17) is 25.4 Å². The Morgan fingerprint density at radius 1 is 0.757 bits per heavy atom. The van der Waals surface area contributed by atoms with Crippen molar-refractivity contribution in [3.05, 3.63) is 135 Å². The van der Waals surface area contributed by atoms with Crippen LogP contribution in [0.2, 0.25) is 0 Å². The molecule has 15 atom stereocenters. The number of ether oxygens (including phenoxy) is 1. The van der Waals surface area contributed by atoms with E-state index < -0.39 is 172 Å². The number of nitrogens with zero attached hydrogens (tertiary/aromatic N) is 7. The average molecular weight is 1510 g/mol. The van der Waals surface area contributed by atoms with E-state index in [1.165, 1.54) is 87.4 Å². The summed E-state index contributed by atoms with van der Waals surface area (Å²) in [6, 6.07) is -9.94. The number of nitrogens with two attached hydrogens (primary N) is 1. The first kappa shape index (κ1) is 76.4. The van der Waals surface area contributed by atoms with Gasteiger partial charge < -0.3 is 78.5 Å². The zero-order valence-electron chi connectivity index (χ0n) is 56.7. The summed E-state index contributed by atoms with van der Waals surface area (Å²) < 4.78 is 6.22. The number of hydrogen-bond donors (Lipinski definition) is 15. The predicted octanol–water partition coefficient (Wildman–Crippen LogP) is 1.25. The molecule has 0 saturated carbocycles. The van der Waals surface area contributed by atoms with Gasteiger partial charge in [-0.1, -0.05) is 45.2 Å². The van der Waals surface area contributed by atoms with Gasteiger partial charge in [-0.25, -0.2) is 29.7 Å². The molecular weight excluding hydrogens is 1440 g/mol. The van der Waals surface area contributed by atoms with E-state index in [1.807, 2.05) is 0 Å². The Morgan fingerprint density at radius 2 is 1.44 bits per heavy atom. The van der Waals surface area contributed by atoms with Crippen LogP contribution in [0.15, 0.2) is 80.0 Å². The van der Waals surface area contributed by atoms with Crippen molar-refractivity contribution in [3.63, 3.8) is 0 Å². The summed E-state index contributed by atoms with van der Waals surface area (Å²) in [6.07, 6.45) is -3.24. The number of aliphatic hydroxyl groups excluding tert-OH is 4. The van der Waals surface area contributed by atoms with E-state index in [1.54, 1.807) is 20.8 Å². The quantitative estimate of drug-likeness (QED) is 0.0805. The summed E-state index contributed by atoms with van der Waals surface area (Å²) in [4.78, 5) is 176. The Hall–Kier alpha value is -9.22. The van der Waals surface area contributed by atoms with Gasteiger partial charge in [-0.05, 0) is 78.9 Å². The number of aliphatic hydroxyl groups is 5. The normalized spacial score (nSPS) is 27.7. The number of pyridine rings is 1. The highest BCUT2D eigenvalue weighted by molar-refractivity contribution is 8.14. The maximum Gasteiger partial charge on any atom is 0.357 e. The van der Waals surface area contributed by atoms with E-state index in [0.29, 0.717) is 0 Å². The second kappa shape index (κ2) is 31.0. The van der Waals surface area contributed by atoms with Crippen LogP contribution in [0.3, 0.4) is 0 Å². The number of esters is 1. The first-order chi connectivity index (χ1) is 48.6. The SMILES string of the molecule is C=C1NC(=O)[C@H](C(C)C)N[C@H]2C=Cc3c([C@H](C)O)cc(nc3[C@@H]2O)C(=O)O[C@H](C)[C@H]2NC(=O)c3csc(n3)[C@@H]([C@](C)(O)[C@H](C)O)NC(=O)[C@H]3CSC(=N3)/C(=C/C)NC(=O)[C@@H]([C@@H](C)O)NC(=O)c3csc(n3)[C@@]3(CCC(c4nc(C(N)=O)cs4)=N[C@@H]3c3csc2n3)NC(=O)[C@@H](C)NC(=O)C(=C)NC1=O. The number of carbonyl (C=O) groups excluding carboxylic acids is 10. The van der Waals surface area contributed by atoms with Crippen LogP contribution in [0, 0.1) is 5.92 Å². The van der Waals surface area contributed by atoms with Crippen molar-refractivity contribution in [2.45, 2.75) is 165 Å². The fraction of sp³-hybridized carbons (Fsp3) is 0.431. The molecule has 546 valence electrons. The maximum absolute atomic E-state index is 15.2. The Labute approximate surface area is 608 Å². The number of thiazole rings is 4. The number of thioether (sulfide) groups is 1. The minimum atomic E-state index is -2.18. The highest BCUT2D eigenvalue weighted by Crippen LogP contribution is 2.48. The summed E-state index contributed by atoms with van der Waals surface area (Å²) >= 11 is 4.66. The molecule has 0 spiro atoms. The first-order valence-corrected chi connectivity index (χ1v) is 36.7. The van der Waals surface area contributed by atoms with Crippen LogP contribution in [0.4, 0.5) is 0 Å². The monoisotopic (exact) mass is 1510 g/mol. The Kier molecular flexibility index (Phi) is 23.0. The van der Waals surface area contributed by atoms with Gasteiger partial charge in [0.25, 0.3) is 29.5 Å². The lowest BCUT2D eigenvalue weighted by Gasteiger charge is -2.41. The number of cyclic esters (lactones) is 1. The lowest BCUT2D eigenvalue weighted by atomic mass is 9.80. The number of fused-ring (bicyclic) bond motifs is 7. The van der Waals surface area contributed by atoms with E-state index in [2.05, 4.69) is 81.0 Å². The molecule has 103 heavy (non-hydrogen) atoms. The molecule has 10 rings (SSSR count). The average Bonchev–Trinajstić information content (AvgIpc) is 1.70. The largest absolute Gasteiger partial charge is 0.455 e. The number of aliphatic imine (C=N–C) groups is 2. The van der Waals surface area contributed by atoms with Crippen molar-refractivity contribution < 1.29 is 78.2 Å². The molecule has 4 aliphatic heterocycles. The number of nitrogens with one attached hydrogen (secondary N) is 9. The summed E-state index contributed by atoms with van der Waals surface area (Å²) in [5, 5.41) is 87.4. The Morgan fingerprint density at radius 3 is 2.11 bits per heavy atom. The molecule has 33 nitrogen and oxygen atoms in total. The van der Waals surface area contributed by atoms with Gasteiger partial charge in [0.2, 0.25) is 23.6 Å². The highest BCUT2D eigenvalue weighted by atomic mass is 32.2. The van der Waals surface area contributed by atoms with Gasteiger partial charge in [-0.3, -0.25) is 58.5 Å². The number of primary amides is 1. The van der Waals surface area contributed by atoms with Gasteiger partial charge in [0.05, 0.1) is 64.6 Å². The fourth-order valence-electron chi connectivity index (χ4n) is 11.5. The third kappa shape index (κ3) is 16.1. The van der Waals surface area contributed by atoms with Crippen molar-refractivity contribution in [2.75, 3.05) is 5.75 Å². The van der Waals surface area contributed by atoms with E-state index in [0.717, 1.165) is 57.1 Å². The van der Waals surface area contributed by atoms with Crippen LogP contribution < -0.4 is 53.6 Å². The summed E-state index contributed by atoms with van der Waals surface area (Å²) in [7, 11) is 0. The van der Waals surface area contributed by atoms with Gasteiger partial charge in [0, 0.05) is 32.8 Å². The second-order valence-electron chi connectivity index (χ2n) is 25.5. The third-order valence-electron chi connectivity index (χ3n) is 17.6. The molecule has 5 aromatic rings. The molecule has 0 unspecified atom stereocenters. The molecule has 9 amide bonds. The third-order valence-corrected chi connectivity index (χ3v) is 22.5. The highest BCUT2D eigenvalue weighted by Gasteiger charge is 2.51. The zero-order valence-corrected chi connectivity index (χ0v) is 60.8. The molecule has 5 aliphatic rings. The number of hydrogen-bond acceptors (Lipinski definition) is 29. The Balaban J connectivity index is 1.17. The minimum Gasteiger partial charge on any atom is -0.455 e. The van der Waals surface area contributed by atoms with Crippen LogP contribution in [-0.2, 0) is 39.0 Å². The topological polar surface area (TPSA) is 505 Å². The second-order valence-corrected chi connectivity index (χ2v) is 30.0. The zero-order chi connectivity index (χ0) is 75.0. The molecule has 0 aromatic carbocycles. The number of amides is 9. The number of allylic oxidation sites excluding steroid dienone is 1. The van der Waals surface area contributed by atoms with Crippen molar-refractivity contribution >= 4 is 133 Å². The summed E-state index contributed by atoms with van der Waals surface area (Å²) in [5.74, 6) is -10.1. The molecule has 0 fully saturated rings. The van der Waals surface area contributed by atoms with Crippen LogP contribution in [0.1, 0.15) is 190 Å². The van der Waals surface area contributed by atoms with Crippen LogP contribution >= 0.6 is 57.1 Å². The number of carbonyl (C=O) groups is 10.